The highest BCUT2D eigenvalue weighted by Crippen LogP contribution is 2.25. The van der Waals surface area contributed by atoms with Crippen LogP contribution >= 0.6 is 0 Å². The highest BCUT2D eigenvalue weighted by Gasteiger charge is 2.11. The van der Waals surface area contributed by atoms with Crippen molar-refractivity contribution in [2.24, 2.45) is 0 Å². The summed E-state index contributed by atoms with van der Waals surface area (Å²) in [6, 6.07) is 6.55. The first kappa shape index (κ1) is 9.53. The molecule has 0 aromatic heterocycles. The Balaban J connectivity index is 1.98. The van der Waals surface area contributed by atoms with E-state index < -0.39 is 0 Å². The van der Waals surface area contributed by atoms with Gasteiger partial charge in [-0.1, -0.05) is 19.1 Å². The fraction of sp³-hybridized carbons (Fsp3) is 0.500. The molecule has 76 valence electrons. The molecule has 0 saturated heterocycles. The summed E-state index contributed by atoms with van der Waals surface area (Å²) in [5.74, 6) is 1.08. The van der Waals surface area contributed by atoms with Crippen molar-refractivity contribution in [1.29, 1.82) is 0 Å². The largest absolute Gasteiger partial charge is 0.493 e. The van der Waals surface area contributed by atoms with Crippen LogP contribution in [0.4, 0.5) is 0 Å². The molecule has 0 bridgehead atoms. The summed E-state index contributed by atoms with van der Waals surface area (Å²) >= 11 is 0. The van der Waals surface area contributed by atoms with E-state index in [1.54, 1.807) is 0 Å². The SMILES string of the molecule is CCNCCc1ccc2c(c1)CCO2. The smallest absolute Gasteiger partial charge is 0.122 e. The average molecular weight is 191 g/mol. The molecule has 0 amide bonds. The zero-order chi connectivity index (χ0) is 9.80. The van der Waals surface area contributed by atoms with E-state index in [0.29, 0.717) is 0 Å². The van der Waals surface area contributed by atoms with Gasteiger partial charge in [0.15, 0.2) is 0 Å². The lowest BCUT2D eigenvalue weighted by atomic mass is 10.1. The van der Waals surface area contributed by atoms with Crippen molar-refractivity contribution in [3.05, 3.63) is 29.3 Å². The van der Waals surface area contributed by atoms with Crippen LogP contribution in [0.1, 0.15) is 18.1 Å². The van der Waals surface area contributed by atoms with Crippen molar-refractivity contribution in [1.82, 2.24) is 5.32 Å². The Bertz CT molecular complexity index is 309. The summed E-state index contributed by atoms with van der Waals surface area (Å²) in [7, 11) is 0. The van der Waals surface area contributed by atoms with Gasteiger partial charge < -0.3 is 10.1 Å². The minimum absolute atomic E-state index is 0.853. The molecule has 2 nitrogen and oxygen atoms in total. The Labute approximate surface area is 85.3 Å². The zero-order valence-corrected chi connectivity index (χ0v) is 8.68. The second kappa shape index (κ2) is 4.47. The van der Waals surface area contributed by atoms with Crippen LogP contribution < -0.4 is 10.1 Å². The van der Waals surface area contributed by atoms with Gasteiger partial charge in [0.05, 0.1) is 6.61 Å². The van der Waals surface area contributed by atoms with Gasteiger partial charge in [-0.05, 0) is 36.7 Å². The number of nitrogens with one attached hydrogen (secondary N) is 1. The van der Waals surface area contributed by atoms with E-state index in [2.05, 4.69) is 30.4 Å². The summed E-state index contributed by atoms with van der Waals surface area (Å²) in [6.45, 7) is 5.10. The van der Waals surface area contributed by atoms with Crippen molar-refractivity contribution in [2.75, 3.05) is 19.7 Å². The van der Waals surface area contributed by atoms with Crippen LogP contribution in [-0.2, 0) is 12.8 Å². The monoisotopic (exact) mass is 191 g/mol. The molecule has 0 saturated carbocycles. The Kier molecular flexibility index (Phi) is 3.04. The third kappa shape index (κ3) is 2.07. The lowest BCUT2D eigenvalue weighted by molar-refractivity contribution is 0.357. The first-order chi connectivity index (χ1) is 6.90. The van der Waals surface area contributed by atoms with E-state index in [1.807, 2.05) is 0 Å². The van der Waals surface area contributed by atoms with Crippen LogP contribution in [0, 0.1) is 0 Å². The molecular formula is C12H17NO. The summed E-state index contributed by atoms with van der Waals surface area (Å²) in [5, 5.41) is 3.33. The summed E-state index contributed by atoms with van der Waals surface area (Å²) < 4.78 is 5.46. The molecule has 1 heterocycles. The number of likely N-dealkylation sites (N-methyl/N-ethyl adjacent to an activating group) is 1. The number of benzene rings is 1. The van der Waals surface area contributed by atoms with Crippen molar-refractivity contribution < 1.29 is 4.74 Å². The summed E-state index contributed by atoms with van der Waals surface area (Å²) in [6.07, 6.45) is 2.19. The maximum absolute atomic E-state index is 5.46. The first-order valence-electron chi connectivity index (χ1n) is 5.35. The molecule has 2 heteroatoms. The van der Waals surface area contributed by atoms with Crippen LogP contribution in [0.15, 0.2) is 18.2 Å². The van der Waals surface area contributed by atoms with Crippen LogP contribution in [0.5, 0.6) is 5.75 Å². The molecule has 0 spiro atoms. The van der Waals surface area contributed by atoms with E-state index in [9.17, 15) is 0 Å². The molecule has 0 atom stereocenters. The van der Waals surface area contributed by atoms with Gasteiger partial charge in [-0.25, -0.2) is 0 Å². The average Bonchev–Trinajstić information content (AvgIpc) is 2.65. The first-order valence-corrected chi connectivity index (χ1v) is 5.35. The van der Waals surface area contributed by atoms with Crippen LogP contribution in [-0.4, -0.2) is 19.7 Å². The van der Waals surface area contributed by atoms with Gasteiger partial charge in [-0.2, -0.15) is 0 Å². The maximum atomic E-state index is 5.46. The van der Waals surface area contributed by atoms with Crippen molar-refractivity contribution >= 4 is 0 Å². The lowest BCUT2D eigenvalue weighted by Gasteiger charge is -2.04. The van der Waals surface area contributed by atoms with E-state index in [-0.39, 0.29) is 0 Å². The lowest BCUT2D eigenvalue weighted by Crippen LogP contribution is -2.16. The fourth-order valence-electron chi connectivity index (χ4n) is 1.80. The number of fused-ring (bicyclic) bond motifs is 1. The molecular weight excluding hydrogens is 174 g/mol. The van der Waals surface area contributed by atoms with E-state index in [4.69, 9.17) is 4.74 Å². The summed E-state index contributed by atoms with van der Waals surface area (Å²) in [4.78, 5) is 0. The molecule has 1 N–H and O–H groups in total. The van der Waals surface area contributed by atoms with Gasteiger partial charge in [0.2, 0.25) is 0 Å². The minimum atomic E-state index is 0.853. The van der Waals surface area contributed by atoms with Gasteiger partial charge in [-0.15, -0.1) is 0 Å². The number of hydrogen-bond acceptors (Lipinski definition) is 2. The second-order valence-corrected chi connectivity index (χ2v) is 3.64. The second-order valence-electron chi connectivity index (χ2n) is 3.64. The molecule has 1 aliphatic rings. The normalized spacial score (nSPS) is 13.8. The molecule has 1 aromatic carbocycles. The van der Waals surface area contributed by atoms with Gasteiger partial charge in [0.25, 0.3) is 0 Å². The van der Waals surface area contributed by atoms with Crippen molar-refractivity contribution in [2.45, 2.75) is 19.8 Å². The van der Waals surface area contributed by atoms with Gasteiger partial charge in [0, 0.05) is 6.42 Å². The quantitative estimate of drug-likeness (QED) is 0.732. The topological polar surface area (TPSA) is 21.3 Å². The maximum Gasteiger partial charge on any atom is 0.122 e. The fourth-order valence-corrected chi connectivity index (χ4v) is 1.80. The van der Waals surface area contributed by atoms with E-state index in [1.165, 1.54) is 11.1 Å². The van der Waals surface area contributed by atoms with E-state index in [0.717, 1.165) is 38.3 Å². The van der Waals surface area contributed by atoms with Crippen molar-refractivity contribution in [3.8, 4) is 5.75 Å². The molecule has 1 aromatic rings. The molecule has 0 radical (unpaired) electrons. The highest BCUT2D eigenvalue weighted by atomic mass is 16.5. The highest BCUT2D eigenvalue weighted by molar-refractivity contribution is 5.39. The zero-order valence-electron chi connectivity index (χ0n) is 8.68. The Morgan fingerprint density at radius 3 is 3.21 bits per heavy atom. The predicted molar refractivity (Wildman–Crippen MR) is 57.9 cm³/mol. The van der Waals surface area contributed by atoms with Crippen LogP contribution in [0.2, 0.25) is 0 Å². The number of rotatable bonds is 4. The third-order valence-corrected chi connectivity index (χ3v) is 2.59. The molecule has 1 aliphatic heterocycles. The van der Waals surface area contributed by atoms with Crippen LogP contribution in [0.25, 0.3) is 0 Å². The standard InChI is InChI=1S/C12H17NO/c1-2-13-7-5-10-3-4-12-11(9-10)6-8-14-12/h3-4,9,13H,2,5-8H2,1H3. The number of ether oxygens (including phenoxy) is 1. The Hall–Kier alpha value is -1.02. The Morgan fingerprint density at radius 2 is 2.36 bits per heavy atom. The van der Waals surface area contributed by atoms with Crippen molar-refractivity contribution in [3.63, 3.8) is 0 Å². The summed E-state index contributed by atoms with van der Waals surface area (Å²) in [5.41, 5.74) is 2.79. The van der Waals surface area contributed by atoms with E-state index >= 15 is 0 Å². The molecule has 0 unspecified atom stereocenters. The molecule has 14 heavy (non-hydrogen) atoms. The van der Waals surface area contributed by atoms with Gasteiger partial charge in [-0.3, -0.25) is 0 Å². The molecule has 2 rings (SSSR count). The third-order valence-electron chi connectivity index (χ3n) is 2.59. The molecule has 0 fully saturated rings. The molecule has 0 aliphatic carbocycles. The number of hydrogen-bond donors (Lipinski definition) is 1. The minimum Gasteiger partial charge on any atom is -0.493 e. The van der Waals surface area contributed by atoms with Gasteiger partial charge in [0.1, 0.15) is 5.75 Å². The van der Waals surface area contributed by atoms with Gasteiger partial charge >= 0.3 is 0 Å². The Morgan fingerprint density at radius 1 is 1.43 bits per heavy atom. The van der Waals surface area contributed by atoms with Crippen LogP contribution in [0.3, 0.4) is 0 Å². The predicted octanol–water partition coefficient (Wildman–Crippen LogP) is 1.77.